The number of fused-ring (bicyclic) bond motifs is 1. The van der Waals surface area contributed by atoms with Crippen molar-refractivity contribution < 1.29 is 0 Å². The highest BCUT2D eigenvalue weighted by atomic mass is 15.2. The van der Waals surface area contributed by atoms with Gasteiger partial charge < -0.3 is 5.32 Å². The molecule has 0 unspecified atom stereocenters. The van der Waals surface area contributed by atoms with E-state index < -0.39 is 0 Å². The molecule has 5 heteroatoms. The summed E-state index contributed by atoms with van der Waals surface area (Å²) in [5.41, 5.74) is 6.04. The Morgan fingerprint density at radius 2 is 2.21 bits per heavy atom. The Morgan fingerprint density at radius 3 is 2.96 bits per heavy atom. The van der Waals surface area contributed by atoms with Gasteiger partial charge in [0, 0.05) is 36.3 Å². The van der Waals surface area contributed by atoms with Gasteiger partial charge in [0.1, 0.15) is 0 Å². The number of benzene rings is 1. The van der Waals surface area contributed by atoms with Gasteiger partial charge in [0.25, 0.3) is 0 Å². The molecule has 0 saturated carbocycles. The minimum atomic E-state index is 0.721. The Hall–Kier alpha value is -3.65. The average Bonchev–Trinajstić information content (AvgIpc) is 3.13. The third kappa shape index (κ3) is 4.02. The smallest absolute Gasteiger partial charge is 0.164 e. The molecular weight excluding hydrogens is 346 g/mol. The third-order valence-corrected chi connectivity index (χ3v) is 4.18. The predicted octanol–water partition coefficient (Wildman–Crippen LogP) is 4.07. The van der Waals surface area contributed by atoms with Crippen molar-refractivity contribution in [1.82, 2.24) is 19.9 Å². The first-order chi connectivity index (χ1) is 13.7. The van der Waals surface area contributed by atoms with E-state index in [4.69, 9.17) is 0 Å². The molecule has 0 radical (unpaired) electrons. The molecule has 0 amide bonds. The lowest BCUT2D eigenvalue weighted by Crippen LogP contribution is -2.20. The number of allylic oxidation sites excluding steroid dienone is 2. The molecule has 2 heterocycles. The zero-order valence-electron chi connectivity index (χ0n) is 16.4. The highest BCUT2D eigenvalue weighted by Crippen LogP contribution is 2.18. The third-order valence-electron chi connectivity index (χ3n) is 4.18. The van der Waals surface area contributed by atoms with Crippen LogP contribution in [-0.2, 0) is 0 Å². The van der Waals surface area contributed by atoms with Gasteiger partial charge in [-0.3, -0.25) is 4.99 Å². The molecule has 0 saturated heterocycles. The van der Waals surface area contributed by atoms with E-state index in [1.165, 1.54) is 0 Å². The highest BCUT2D eigenvalue weighted by Gasteiger charge is 2.14. The quantitative estimate of drug-likeness (QED) is 0.526. The summed E-state index contributed by atoms with van der Waals surface area (Å²) in [5, 5.41) is 7.76. The fourth-order valence-electron chi connectivity index (χ4n) is 2.97. The molecule has 5 nitrogen and oxygen atoms in total. The molecule has 3 rings (SSSR count). The van der Waals surface area contributed by atoms with Gasteiger partial charge in [0.05, 0.1) is 23.2 Å². The zero-order chi connectivity index (χ0) is 19.9. The maximum absolute atomic E-state index is 4.54. The van der Waals surface area contributed by atoms with Crippen LogP contribution in [0.5, 0.6) is 0 Å². The van der Waals surface area contributed by atoms with E-state index in [0.717, 1.165) is 45.9 Å². The fourth-order valence-corrected chi connectivity index (χ4v) is 2.97. The Balaban J connectivity index is 1.94. The maximum Gasteiger partial charge on any atom is 0.164 e. The average molecular weight is 369 g/mol. The van der Waals surface area contributed by atoms with Crippen molar-refractivity contribution in [3.63, 3.8) is 0 Å². The SMILES string of the molecule is C=C(NC(=C\CC)/C(=N\C)c1cccc(C#CC)c1)c1cnn2cccnc12. The number of rotatable bonds is 6. The second-order valence-corrected chi connectivity index (χ2v) is 6.10. The number of nitrogens with one attached hydrogen (secondary N) is 1. The highest BCUT2D eigenvalue weighted by molar-refractivity contribution is 6.13. The Labute approximate surface area is 165 Å². The van der Waals surface area contributed by atoms with Gasteiger partial charge in [-0.1, -0.05) is 37.6 Å². The largest absolute Gasteiger partial charge is 0.354 e. The van der Waals surface area contributed by atoms with Crippen LogP contribution in [0.3, 0.4) is 0 Å². The molecular formula is C23H23N5. The van der Waals surface area contributed by atoms with Crippen LogP contribution in [0.1, 0.15) is 37.0 Å². The molecule has 2 aromatic heterocycles. The fraction of sp³-hybridized carbons (Fsp3) is 0.174. The van der Waals surface area contributed by atoms with E-state index in [2.05, 4.69) is 51.8 Å². The number of hydrogen-bond acceptors (Lipinski definition) is 4. The van der Waals surface area contributed by atoms with Crippen molar-refractivity contribution in [2.24, 2.45) is 4.99 Å². The minimum absolute atomic E-state index is 0.721. The van der Waals surface area contributed by atoms with Gasteiger partial charge in [-0.15, -0.1) is 5.92 Å². The Kier molecular flexibility index (Phi) is 6.03. The van der Waals surface area contributed by atoms with E-state index in [-0.39, 0.29) is 0 Å². The van der Waals surface area contributed by atoms with Gasteiger partial charge in [-0.2, -0.15) is 5.10 Å². The molecule has 0 aliphatic carbocycles. The summed E-state index contributed by atoms with van der Waals surface area (Å²) in [6.45, 7) is 8.13. The molecule has 0 aliphatic heterocycles. The van der Waals surface area contributed by atoms with Crippen molar-refractivity contribution in [2.45, 2.75) is 20.3 Å². The summed E-state index contributed by atoms with van der Waals surface area (Å²) >= 11 is 0. The first-order valence-corrected chi connectivity index (χ1v) is 9.13. The Morgan fingerprint density at radius 1 is 1.36 bits per heavy atom. The van der Waals surface area contributed by atoms with E-state index in [9.17, 15) is 0 Å². The van der Waals surface area contributed by atoms with Crippen molar-refractivity contribution in [3.05, 3.63) is 84.0 Å². The molecule has 1 N–H and O–H groups in total. The van der Waals surface area contributed by atoms with E-state index in [1.807, 2.05) is 43.5 Å². The maximum atomic E-state index is 4.54. The van der Waals surface area contributed by atoms with Crippen LogP contribution in [0.25, 0.3) is 11.3 Å². The standard InChI is InChI=1S/C23H23N5/c1-5-9-18-11-7-12-19(15-18)22(24-4)21(10-6-2)27-17(3)20-16-26-28-14-8-13-25-23(20)28/h7-8,10-16,27H,3,6H2,1-2,4H3/b21-10-,24-22-. The molecule has 28 heavy (non-hydrogen) atoms. The lowest BCUT2D eigenvalue weighted by atomic mass is 10.0. The van der Waals surface area contributed by atoms with Gasteiger partial charge in [-0.25, -0.2) is 9.50 Å². The summed E-state index contributed by atoms with van der Waals surface area (Å²) in [6.07, 6.45) is 8.33. The van der Waals surface area contributed by atoms with E-state index >= 15 is 0 Å². The molecule has 0 bridgehead atoms. The monoisotopic (exact) mass is 369 g/mol. The van der Waals surface area contributed by atoms with Gasteiger partial charge in [-0.05, 0) is 31.5 Å². The lowest BCUT2D eigenvalue weighted by Gasteiger charge is -2.15. The summed E-state index contributed by atoms with van der Waals surface area (Å²) < 4.78 is 1.73. The van der Waals surface area contributed by atoms with E-state index in [1.54, 1.807) is 24.0 Å². The molecule has 140 valence electrons. The minimum Gasteiger partial charge on any atom is -0.354 e. The number of aliphatic imine (C=N–C) groups is 1. The van der Waals surface area contributed by atoms with E-state index in [0.29, 0.717) is 0 Å². The van der Waals surface area contributed by atoms with Gasteiger partial charge >= 0.3 is 0 Å². The molecule has 0 spiro atoms. The van der Waals surface area contributed by atoms with Crippen LogP contribution in [-0.4, -0.2) is 27.4 Å². The lowest BCUT2D eigenvalue weighted by molar-refractivity contribution is 0.939. The zero-order valence-corrected chi connectivity index (χ0v) is 16.4. The predicted molar refractivity (Wildman–Crippen MR) is 115 cm³/mol. The first-order valence-electron chi connectivity index (χ1n) is 9.13. The second-order valence-electron chi connectivity index (χ2n) is 6.10. The number of hydrogen-bond donors (Lipinski definition) is 1. The molecule has 3 aromatic rings. The summed E-state index contributed by atoms with van der Waals surface area (Å²) in [4.78, 5) is 8.94. The van der Waals surface area contributed by atoms with Crippen molar-refractivity contribution in [1.29, 1.82) is 0 Å². The summed E-state index contributed by atoms with van der Waals surface area (Å²) in [7, 11) is 1.79. The Bertz CT molecular complexity index is 1120. The molecule has 1 aromatic carbocycles. The van der Waals surface area contributed by atoms with Crippen molar-refractivity contribution in [2.75, 3.05) is 7.05 Å². The van der Waals surface area contributed by atoms with Crippen LogP contribution >= 0.6 is 0 Å². The molecule has 0 fully saturated rings. The molecule has 0 aliphatic rings. The summed E-state index contributed by atoms with van der Waals surface area (Å²) in [6, 6.07) is 9.91. The summed E-state index contributed by atoms with van der Waals surface area (Å²) in [5.74, 6) is 6.04. The van der Waals surface area contributed by atoms with Crippen molar-refractivity contribution in [3.8, 4) is 11.8 Å². The first kappa shape index (κ1) is 19.1. The van der Waals surface area contributed by atoms with Crippen LogP contribution in [0.4, 0.5) is 0 Å². The molecule has 0 atom stereocenters. The number of aromatic nitrogens is 3. The van der Waals surface area contributed by atoms with Crippen LogP contribution in [0, 0.1) is 11.8 Å². The van der Waals surface area contributed by atoms with Crippen LogP contribution in [0.15, 0.2) is 72.3 Å². The topological polar surface area (TPSA) is 54.6 Å². The van der Waals surface area contributed by atoms with Crippen molar-refractivity contribution >= 4 is 17.1 Å². The number of nitrogens with zero attached hydrogens (tertiary/aromatic N) is 4. The second kappa shape index (κ2) is 8.83. The van der Waals surface area contributed by atoms with Gasteiger partial charge in [0.2, 0.25) is 0 Å². The normalized spacial score (nSPS) is 11.8. The van der Waals surface area contributed by atoms with Crippen LogP contribution < -0.4 is 5.32 Å². The van der Waals surface area contributed by atoms with Crippen LogP contribution in [0.2, 0.25) is 0 Å². The van der Waals surface area contributed by atoms with Gasteiger partial charge in [0.15, 0.2) is 5.65 Å².